The molecule has 4 heteroatoms. The van der Waals surface area contributed by atoms with Crippen LogP contribution in [0.2, 0.25) is 0 Å². The second-order valence-corrected chi connectivity index (χ2v) is 6.06. The van der Waals surface area contributed by atoms with Crippen LogP contribution < -0.4 is 15.5 Å². The van der Waals surface area contributed by atoms with Crippen LogP contribution in [-0.4, -0.2) is 18.9 Å². The Kier molecular flexibility index (Phi) is 5.16. The average molecular weight is 323 g/mol. The number of anilines is 1. The third-order valence-electron chi connectivity index (χ3n) is 4.34. The molecule has 2 N–H and O–H groups in total. The summed E-state index contributed by atoms with van der Waals surface area (Å²) in [4.78, 5) is 0. The Labute approximate surface area is 143 Å². The fourth-order valence-electron chi connectivity index (χ4n) is 3.15. The van der Waals surface area contributed by atoms with Crippen LogP contribution in [0, 0.1) is 6.92 Å². The van der Waals surface area contributed by atoms with Gasteiger partial charge in [-0.15, -0.1) is 0 Å². The molecule has 0 bridgehead atoms. The van der Waals surface area contributed by atoms with Crippen LogP contribution in [0.3, 0.4) is 0 Å². The number of benzene rings is 2. The number of ether oxygens (including phenoxy) is 1. The maximum Gasteiger partial charge on any atom is 0.119 e. The van der Waals surface area contributed by atoms with Gasteiger partial charge < -0.3 is 10.5 Å². The van der Waals surface area contributed by atoms with Gasteiger partial charge in [-0.1, -0.05) is 30.3 Å². The Hall–Kier alpha value is -2.33. The molecule has 4 nitrogen and oxygen atoms in total. The van der Waals surface area contributed by atoms with Gasteiger partial charge in [-0.3, -0.25) is 5.01 Å². The minimum absolute atomic E-state index is 0.211. The highest BCUT2D eigenvalue weighted by Crippen LogP contribution is 2.37. The molecule has 126 valence electrons. The van der Waals surface area contributed by atoms with E-state index in [0.717, 1.165) is 24.3 Å². The second kappa shape index (κ2) is 7.49. The van der Waals surface area contributed by atoms with Gasteiger partial charge >= 0.3 is 0 Å². The lowest BCUT2D eigenvalue weighted by atomic mass is 9.99. The van der Waals surface area contributed by atoms with Crippen molar-refractivity contribution in [2.75, 3.05) is 18.2 Å². The standard InChI is InChI=1S/C20H25N3O/c1-3-24-18-10-8-16(9-11-18)20-14-17(12-13-21)22-23(20)19-7-5-4-6-15(19)2/h4-11,20H,3,12-14,21H2,1-2H3. The largest absolute Gasteiger partial charge is 0.494 e. The van der Waals surface area contributed by atoms with Crippen molar-refractivity contribution < 1.29 is 4.74 Å². The van der Waals surface area contributed by atoms with Crippen molar-refractivity contribution in [3.63, 3.8) is 0 Å². The molecule has 0 radical (unpaired) electrons. The van der Waals surface area contributed by atoms with Gasteiger partial charge in [0, 0.05) is 12.1 Å². The zero-order valence-corrected chi connectivity index (χ0v) is 14.4. The van der Waals surface area contributed by atoms with Gasteiger partial charge in [-0.2, -0.15) is 5.10 Å². The lowest BCUT2D eigenvalue weighted by Gasteiger charge is -2.25. The highest BCUT2D eigenvalue weighted by atomic mass is 16.5. The topological polar surface area (TPSA) is 50.9 Å². The van der Waals surface area contributed by atoms with Gasteiger partial charge in [0.2, 0.25) is 0 Å². The molecule has 3 rings (SSSR count). The first kappa shape index (κ1) is 16.5. The first-order valence-corrected chi connectivity index (χ1v) is 8.57. The van der Waals surface area contributed by atoms with Gasteiger partial charge in [0.15, 0.2) is 0 Å². The molecule has 0 amide bonds. The Morgan fingerprint density at radius 2 is 1.92 bits per heavy atom. The first-order chi connectivity index (χ1) is 11.7. The number of para-hydroxylation sites is 1. The molecule has 2 aromatic carbocycles. The number of nitrogens with zero attached hydrogens (tertiary/aromatic N) is 2. The Balaban J connectivity index is 1.91. The number of hydrogen-bond acceptors (Lipinski definition) is 4. The maximum atomic E-state index is 5.74. The van der Waals surface area contributed by atoms with Crippen molar-refractivity contribution in [2.24, 2.45) is 10.8 Å². The predicted molar refractivity (Wildman–Crippen MR) is 99.7 cm³/mol. The number of hydrogen-bond donors (Lipinski definition) is 1. The fraction of sp³-hybridized carbons (Fsp3) is 0.350. The molecular weight excluding hydrogens is 298 g/mol. The summed E-state index contributed by atoms with van der Waals surface area (Å²) < 4.78 is 5.55. The van der Waals surface area contributed by atoms with E-state index in [9.17, 15) is 0 Å². The molecule has 24 heavy (non-hydrogen) atoms. The van der Waals surface area contributed by atoms with Crippen LogP contribution in [0.25, 0.3) is 0 Å². The molecule has 0 saturated carbocycles. The number of hydrazone groups is 1. The van der Waals surface area contributed by atoms with E-state index in [2.05, 4.69) is 48.3 Å². The smallest absolute Gasteiger partial charge is 0.119 e. The number of aryl methyl sites for hydroxylation is 1. The summed E-state index contributed by atoms with van der Waals surface area (Å²) in [6, 6.07) is 16.9. The molecule has 0 aliphatic carbocycles. The third kappa shape index (κ3) is 3.44. The van der Waals surface area contributed by atoms with Gasteiger partial charge in [0.1, 0.15) is 5.75 Å². The van der Waals surface area contributed by atoms with E-state index in [4.69, 9.17) is 15.6 Å². The fourth-order valence-corrected chi connectivity index (χ4v) is 3.15. The second-order valence-electron chi connectivity index (χ2n) is 6.06. The molecule has 1 unspecified atom stereocenters. The summed E-state index contributed by atoms with van der Waals surface area (Å²) in [5.74, 6) is 0.907. The van der Waals surface area contributed by atoms with Gasteiger partial charge in [-0.25, -0.2) is 0 Å². The highest BCUT2D eigenvalue weighted by Gasteiger charge is 2.29. The zero-order chi connectivity index (χ0) is 16.9. The van der Waals surface area contributed by atoms with Crippen LogP contribution in [0.4, 0.5) is 5.69 Å². The first-order valence-electron chi connectivity index (χ1n) is 8.57. The van der Waals surface area contributed by atoms with Crippen molar-refractivity contribution in [3.05, 3.63) is 59.7 Å². The highest BCUT2D eigenvalue weighted by molar-refractivity contribution is 5.89. The quantitative estimate of drug-likeness (QED) is 0.872. The number of nitrogens with two attached hydrogens (primary N) is 1. The molecule has 0 fully saturated rings. The van der Waals surface area contributed by atoms with Crippen LogP contribution in [0.5, 0.6) is 5.75 Å². The normalized spacial score (nSPS) is 17.0. The number of rotatable bonds is 6. The lowest BCUT2D eigenvalue weighted by molar-refractivity contribution is 0.340. The van der Waals surface area contributed by atoms with E-state index in [-0.39, 0.29) is 6.04 Å². The summed E-state index contributed by atoms with van der Waals surface area (Å²) in [6.45, 7) is 5.44. The monoisotopic (exact) mass is 323 g/mol. The van der Waals surface area contributed by atoms with Crippen LogP contribution in [-0.2, 0) is 0 Å². The summed E-state index contributed by atoms with van der Waals surface area (Å²) in [7, 11) is 0. The van der Waals surface area contributed by atoms with Crippen LogP contribution in [0.1, 0.15) is 36.9 Å². The van der Waals surface area contributed by atoms with Gasteiger partial charge in [0.25, 0.3) is 0 Å². The van der Waals surface area contributed by atoms with E-state index in [1.807, 2.05) is 19.1 Å². The van der Waals surface area contributed by atoms with E-state index >= 15 is 0 Å². The van der Waals surface area contributed by atoms with Crippen molar-refractivity contribution in [1.82, 2.24) is 0 Å². The molecule has 1 heterocycles. The van der Waals surface area contributed by atoms with E-state index in [1.165, 1.54) is 16.8 Å². The van der Waals surface area contributed by atoms with Gasteiger partial charge in [-0.05, 0) is 56.1 Å². The molecule has 1 atom stereocenters. The Morgan fingerprint density at radius 1 is 1.17 bits per heavy atom. The van der Waals surface area contributed by atoms with Crippen molar-refractivity contribution in [1.29, 1.82) is 0 Å². The molecule has 0 aromatic heterocycles. The van der Waals surface area contributed by atoms with Crippen LogP contribution >= 0.6 is 0 Å². The summed E-state index contributed by atoms with van der Waals surface area (Å²) >= 11 is 0. The zero-order valence-electron chi connectivity index (χ0n) is 14.4. The predicted octanol–water partition coefficient (Wildman–Crippen LogP) is 4.05. The van der Waals surface area contributed by atoms with Crippen molar-refractivity contribution >= 4 is 11.4 Å². The summed E-state index contributed by atoms with van der Waals surface area (Å²) in [6.07, 6.45) is 1.76. The minimum Gasteiger partial charge on any atom is -0.494 e. The average Bonchev–Trinajstić information content (AvgIpc) is 3.00. The lowest BCUT2D eigenvalue weighted by Crippen LogP contribution is -2.19. The van der Waals surface area contributed by atoms with Crippen molar-refractivity contribution in [3.8, 4) is 5.75 Å². The maximum absolute atomic E-state index is 5.74. The van der Waals surface area contributed by atoms with E-state index in [0.29, 0.717) is 13.2 Å². The van der Waals surface area contributed by atoms with Gasteiger partial charge in [0.05, 0.1) is 18.3 Å². The van der Waals surface area contributed by atoms with Crippen LogP contribution in [0.15, 0.2) is 53.6 Å². The van der Waals surface area contributed by atoms with Crippen molar-refractivity contribution in [2.45, 2.75) is 32.7 Å². The Morgan fingerprint density at radius 3 is 2.58 bits per heavy atom. The Bertz CT molecular complexity index is 709. The van der Waals surface area contributed by atoms with E-state index in [1.54, 1.807) is 0 Å². The molecule has 2 aromatic rings. The third-order valence-corrected chi connectivity index (χ3v) is 4.34. The molecule has 1 aliphatic rings. The minimum atomic E-state index is 0.211. The molecule has 1 aliphatic heterocycles. The molecule has 0 spiro atoms. The molecular formula is C20H25N3O. The molecule has 0 saturated heterocycles. The SMILES string of the molecule is CCOc1ccc(C2CC(CCN)=NN2c2ccccc2C)cc1. The summed E-state index contributed by atoms with van der Waals surface area (Å²) in [5.41, 5.74) is 10.5. The summed E-state index contributed by atoms with van der Waals surface area (Å²) in [5, 5.41) is 7.01. The van der Waals surface area contributed by atoms with E-state index < -0.39 is 0 Å².